The molecule has 1 heterocycles. The van der Waals surface area contributed by atoms with E-state index in [9.17, 15) is 9.50 Å². The van der Waals surface area contributed by atoms with Crippen LogP contribution in [0.3, 0.4) is 0 Å². The number of aliphatic hydroxyl groups excluding tert-OH is 1. The maximum absolute atomic E-state index is 13.0. The van der Waals surface area contributed by atoms with Gasteiger partial charge in [0.1, 0.15) is 5.82 Å². The van der Waals surface area contributed by atoms with Crippen LogP contribution in [0.4, 0.5) is 4.39 Å². The zero-order chi connectivity index (χ0) is 12.4. The van der Waals surface area contributed by atoms with Crippen LogP contribution >= 0.6 is 38.9 Å². The number of rotatable bonds is 3. The van der Waals surface area contributed by atoms with Gasteiger partial charge in [-0.3, -0.25) is 0 Å². The van der Waals surface area contributed by atoms with Gasteiger partial charge in [-0.2, -0.15) is 0 Å². The van der Waals surface area contributed by atoms with Crippen LogP contribution in [-0.2, 0) is 6.42 Å². The molecule has 1 nitrogen and oxygen atoms in total. The summed E-state index contributed by atoms with van der Waals surface area (Å²) in [5.41, 5.74) is 0.809. The van der Waals surface area contributed by atoms with Gasteiger partial charge in [0.2, 0.25) is 0 Å². The number of hydrogen-bond acceptors (Lipinski definition) is 2. The second kappa shape index (κ2) is 5.48. The molecule has 2 aromatic rings. The maximum Gasteiger partial charge on any atom is 0.141 e. The second-order valence-corrected chi connectivity index (χ2v) is 5.81. The number of aliphatic hydroxyl groups is 1. The third-order valence-electron chi connectivity index (χ3n) is 2.36. The molecule has 0 fully saturated rings. The van der Waals surface area contributed by atoms with Gasteiger partial charge in [0.25, 0.3) is 0 Å². The number of hydrogen-bond donors (Lipinski definition) is 1. The molecule has 17 heavy (non-hydrogen) atoms. The van der Waals surface area contributed by atoms with Gasteiger partial charge >= 0.3 is 0 Å². The summed E-state index contributed by atoms with van der Waals surface area (Å²) in [6.07, 6.45) is -0.190. The Kier molecular flexibility index (Phi) is 4.20. The second-order valence-electron chi connectivity index (χ2n) is 3.60. The number of benzene rings is 1. The van der Waals surface area contributed by atoms with Crippen LogP contribution in [0.2, 0.25) is 5.02 Å². The first kappa shape index (κ1) is 13.0. The lowest BCUT2D eigenvalue weighted by atomic mass is 10.1. The van der Waals surface area contributed by atoms with Crippen molar-refractivity contribution in [2.24, 2.45) is 0 Å². The van der Waals surface area contributed by atoms with Gasteiger partial charge in [-0.15, -0.1) is 11.3 Å². The first-order chi connectivity index (χ1) is 8.08. The highest BCUT2D eigenvalue weighted by Gasteiger charge is 2.14. The van der Waals surface area contributed by atoms with E-state index in [1.54, 1.807) is 12.1 Å². The van der Waals surface area contributed by atoms with Gasteiger partial charge in [-0.1, -0.05) is 17.7 Å². The van der Waals surface area contributed by atoms with Crippen LogP contribution in [0.15, 0.2) is 34.1 Å². The maximum atomic E-state index is 13.0. The van der Waals surface area contributed by atoms with Gasteiger partial charge in [0.05, 0.1) is 11.1 Å². The van der Waals surface area contributed by atoms with Crippen LogP contribution in [0, 0.1) is 5.82 Å². The average Bonchev–Trinajstić information content (AvgIpc) is 2.70. The quantitative estimate of drug-likeness (QED) is 0.870. The standard InChI is InChI=1S/C12H9BrClFOS/c13-8-3-4-17-12(8)11(16)6-7-1-2-10(15)9(14)5-7/h1-5,11,16H,6H2. The lowest BCUT2D eigenvalue weighted by Crippen LogP contribution is -2.00. The van der Waals surface area contributed by atoms with Gasteiger partial charge in [0.15, 0.2) is 0 Å². The van der Waals surface area contributed by atoms with Crippen LogP contribution in [0.25, 0.3) is 0 Å². The lowest BCUT2D eigenvalue weighted by Gasteiger charge is -2.10. The van der Waals surface area contributed by atoms with Crippen LogP contribution in [0.5, 0.6) is 0 Å². The molecule has 0 amide bonds. The highest BCUT2D eigenvalue weighted by Crippen LogP contribution is 2.31. The topological polar surface area (TPSA) is 20.2 Å². The Morgan fingerprint density at radius 3 is 2.76 bits per heavy atom. The van der Waals surface area contributed by atoms with Crippen molar-refractivity contribution < 1.29 is 9.50 Å². The molecular formula is C12H9BrClFOS. The van der Waals surface area contributed by atoms with E-state index in [4.69, 9.17) is 11.6 Å². The molecule has 0 radical (unpaired) electrons. The van der Waals surface area contributed by atoms with Crippen LogP contribution < -0.4 is 0 Å². The molecule has 0 saturated heterocycles. The van der Waals surface area contributed by atoms with E-state index in [2.05, 4.69) is 15.9 Å². The van der Waals surface area contributed by atoms with Crippen molar-refractivity contribution >= 4 is 38.9 Å². The minimum atomic E-state index is -0.606. The summed E-state index contributed by atoms with van der Waals surface area (Å²) >= 11 is 10.5. The molecule has 2 rings (SSSR count). The van der Waals surface area contributed by atoms with Crippen molar-refractivity contribution in [1.82, 2.24) is 0 Å². The first-order valence-corrected chi connectivity index (χ1v) is 6.98. The number of thiophene rings is 1. The van der Waals surface area contributed by atoms with E-state index >= 15 is 0 Å². The Hall–Kier alpha value is -0.420. The summed E-state index contributed by atoms with van der Waals surface area (Å²) in [5, 5.41) is 12.0. The largest absolute Gasteiger partial charge is 0.387 e. The molecule has 1 atom stereocenters. The molecule has 0 spiro atoms. The van der Waals surface area contributed by atoms with Gasteiger partial charge in [0, 0.05) is 15.8 Å². The molecule has 0 saturated carbocycles. The van der Waals surface area contributed by atoms with Crippen molar-refractivity contribution in [1.29, 1.82) is 0 Å². The van der Waals surface area contributed by atoms with E-state index < -0.39 is 11.9 Å². The minimum Gasteiger partial charge on any atom is -0.387 e. The molecule has 1 unspecified atom stereocenters. The monoisotopic (exact) mass is 334 g/mol. The zero-order valence-electron chi connectivity index (χ0n) is 8.66. The third kappa shape index (κ3) is 3.07. The minimum absolute atomic E-state index is 0.0833. The van der Waals surface area contributed by atoms with E-state index in [-0.39, 0.29) is 5.02 Å². The van der Waals surface area contributed by atoms with E-state index in [1.807, 2.05) is 11.4 Å². The Morgan fingerprint density at radius 1 is 1.41 bits per heavy atom. The fourth-order valence-corrected chi connectivity index (χ4v) is 3.35. The normalized spacial score (nSPS) is 12.7. The van der Waals surface area contributed by atoms with Crippen LogP contribution in [0.1, 0.15) is 16.5 Å². The summed E-state index contributed by atoms with van der Waals surface area (Å²) in [6, 6.07) is 6.38. The Balaban J connectivity index is 2.16. The van der Waals surface area contributed by atoms with Gasteiger partial charge in [-0.25, -0.2) is 4.39 Å². The van der Waals surface area contributed by atoms with Crippen molar-refractivity contribution in [3.8, 4) is 0 Å². The van der Waals surface area contributed by atoms with E-state index in [0.29, 0.717) is 6.42 Å². The SMILES string of the molecule is OC(Cc1ccc(F)c(Cl)c1)c1sccc1Br. The van der Waals surface area contributed by atoms with Crippen molar-refractivity contribution in [2.75, 3.05) is 0 Å². The molecule has 1 aromatic carbocycles. The molecule has 1 aromatic heterocycles. The molecule has 0 aliphatic carbocycles. The van der Waals surface area contributed by atoms with E-state index in [0.717, 1.165) is 14.9 Å². The third-order valence-corrected chi connectivity index (χ3v) is 4.62. The average molecular weight is 336 g/mol. The van der Waals surface area contributed by atoms with Crippen molar-refractivity contribution in [3.05, 3.63) is 55.4 Å². The molecule has 1 N–H and O–H groups in total. The van der Waals surface area contributed by atoms with E-state index in [1.165, 1.54) is 17.4 Å². The molecule has 0 aliphatic rings. The van der Waals surface area contributed by atoms with Crippen LogP contribution in [-0.4, -0.2) is 5.11 Å². The summed E-state index contributed by atoms with van der Waals surface area (Å²) in [6.45, 7) is 0. The fourth-order valence-electron chi connectivity index (χ4n) is 1.53. The van der Waals surface area contributed by atoms with Crippen molar-refractivity contribution in [2.45, 2.75) is 12.5 Å². The van der Waals surface area contributed by atoms with Gasteiger partial charge in [-0.05, 0) is 45.1 Å². The van der Waals surface area contributed by atoms with Crippen molar-refractivity contribution in [3.63, 3.8) is 0 Å². The Morgan fingerprint density at radius 2 is 2.18 bits per heavy atom. The Bertz CT molecular complexity index is 529. The highest BCUT2D eigenvalue weighted by molar-refractivity contribution is 9.10. The molecular weight excluding hydrogens is 327 g/mol. The predicted octanol–water partition coefficient (Wildman–Crippen LogP) is 4.58. The smallest absolute Gasteiger partial charge is 0.141 e. The summed E-state index contributed by atoms with van der Waals surface area (Å²) in [4.78, 5) is 0.866. The summed E-state index contributed by atoms with van der Waals surface area (Å²) < 4.78 is 13.9. The van der Waals surface area contributed by atoms with Gasteiger partial charge < -0.3 is 5.11 Å². The Labute approximate surface area is 116 Å². The summed E-state index contributed by atoms with van der Waals surface area (Å²) in [5.74, 6) is -0.442. The highest BCUT2D eigenvalue weighted by atomic mass is 79.9. The lowest BCUT2D eigenvalue weighted by molar-refractivity contribution is 0.181. The zero-order valence-corrected chi connectivity index (χ0v) is 11.8. The molecule has 90 valence electrons. The predicted molar refractivity (Wildman–Crippen MR) is 72.1 cm³/mol. The molecule has 0 aliphatic heterocycles. The summed E-state index contributed by atoms with van der Waals surface area (Å²) in [7, 11) is 0. The number of halogens is 3. The first-order valence-electron chi connectivity index (χ1n) is 4.93. The molecule has 0 bridgehead atoms. The fraction of sp³-hybridized carbons (Fsp3) is 0.167. The molecule has 5 heteroatoms.